The minimum Gasteiger partial charge on any atom is -0.490 e. The van der Waals surface area contributed by atoms with Gasteiger partial charge in [-0.2, -0.15) is 0 Å². The van der Waals surface area contributed by atoms with Gasteiger partial charge in [-0.3, -0.25) is 4.90 Å². The molecule has 0 radical (unpaired) electrons. The van der Waals surface area contributed by atoms with Crippen molar-refractivity contribution in [2.24, 2.45) is 5.73 Å². The van der Waals surface area contributed by atoms with E-state index >= 15 is 0 Å². The van der Waals surface area contributed by atoms with Gasteiger partial charge in [0.1, 0.15) is 0 Å². The van der Waals surface area contributed by atoms with Gasteiger partial charge in [0.2, 0.25) is 0 Å². The van der Waals surface area contributed by atoms with Gasteiger partial charge in [0.05, 0.1) is 13.2 Å². The normalized spacial score (nSPS) is 16.4. The van der Waals surface area contributed by atoms with Crippen molar-refractivity contribution in [3.8, 4) is 11.5 Å². The van der Waals surface area contributed by atoms with Gasteiger partial charge in [0.25, 0.3) is 0 Å². The van der Waals surface area contributed by atoms with Gasteiger partial charge in [0.15, 0.2) is 11.5 Å². The quantitative estimate of drug-likeness (QED) is 0.882. The molecular formula is C14H22N2O2. The van der Waals surface area contributed by atoms with Gasteiger partial charge in [-0.25, -0.2) is 0 Å². The van der Waals surface area contributed by atoms with Crippen molar-refractivity contribution >= 4 is 0 Å². The molecule has 100 valence electrons. The largest absolute Gasteiger partial charge is 0.490 e. The SMILES string of the molecule is CC(CN)N(C)Cc1ccc2c(c1)OCCCO2. The van der Waals surface area contributed by atoms with Crippen molar-refractivity contribution in [1.82, 2.24) is 4.90 Å². The number of likely N-dealkylation sites (N-methyl/N-ethyl adjacent to an activating group) is 1. The number of nitrogens with zero attached hydrogens (tertiary/aromatic N) is 1. The Labute approximate surface area is 109 Å². The molecule has 18 heavy (non-hydrogen) atoms. The first-order chi connectivity index (χ1) is 8.70. The van der Waals surface area contributed by atoms with Crippen LogP contribution in [0.3, 0.4) is 0 Å². The van der Waals surface area contributed by atoms with Crippen LogP contribution < -0.4 is 15.2 Å². The average Bonchev–Trinajstić information content (AvgIpc) is 2.62. The molecule has 1 unspecified atom stereocenters. The van der Waals surface area contributed by atoms with Crippen molar-refractivity contribution in [3.05, 3.63) is 23.8 Å². The van der Waals surface area contributed by atoms with Crippen LogP contribution in [0.5, 0.6) is 11.5 Å². The van der Waals surface area contributed by atoms with E-state index in [4.69, 9.17) is 15.2 Å². The standard InChI is InChI=1S/C14H22N2O2/c1-11(9-15)16(2)10-12-4-5-13-14(8-12)18-7-3-6-17-13/h4-5,8,11H,3,6-7,9-10,15H2,1-2H3. The lowest BCUT2D eigenvalue weighted by Gasteiger charge is -2.23. The lowest BCUT2D eigenvalue weighted by molar-refractivity contribution is 0.254. The highest BCUT2D eigenvalue weighted by Crippen LogP contribution is 2.30. The summed E-state index contributed by atoms with van der Waals surface area (Å²) in [6.07, 6.45) is 0.939. The molecule has 0 bridgehead atoms. The summed E-state index contributed by atoms with van der Waals surface area (Å²) in [5.41, 5.74) is 6.90. The maximum Gasteiger partial charge on any atom is 0.161 e. The molecule has 1 aliphatic heterocycles. The van der Waals surface area contributed by atoms with Gasteiger partial charge in [-0.05, 0) is 31.7 Å². The molecule has 1 heterocycles. The number of hydrogen-bond acceptors (Lipinski definition) is 4. The Bertz CT molecular complexity index is 395. The fraction of sp³-hybridized carbons (Fsp3) is 0.571. The highest BCUT2D eigenvalue weighted by molar-refractivity contribution is 5.43. The highest BCUT2D eigenvalue weighted by atomic mass is 16.5. The molecule has 0 aromatic heterocycles. The van der Waals surface area contributed by atoms with Crippen LogP contribution in [0.2, 0.25) is 0 Å². The van der Waals surface area contributed by atoms with Crippen LogP contribution in [-0.4, -0.2) is 37.7 Å². The molecule has 4 heteroatoms. The molecule has 0 saturated heterocycles. The van der Waals surface area contributed by atoms with Crippen molar-refractivity contribution in [3.63, 3.8) is 0 Å². The maximum atomic E-state index is 5.69. The number of rotatable bonds is 4. The van der Waals surface area contributed by atoms with Crippen LogP contribution in [0.1, 0.15) is 18.9 Å². The van der Waals surface area contributed by atoms with Crippen LogP contribution in [-0.2, 0) is 6.54 Å². The summed E-state index contributed by atoms with van der Waals surface area (Å²) >= 11 is 0. The summed E-state index contributed by atoms with van der Waals surface area (Å²) in [4.78, 5) is 2.24. The Morgan fingerprint density at radius 2 is 2.00 bits per heavy atom. The van der Waals surface area contributed by atoms with E-state index in [1.54, 1.807) is 0 Å². The summed E-state index contributed by atoms with van der Waals surface area (Å²) in [6, 6.07) is 6.53. The molecule has 1 aromatic carbocycles. The molecule has 0 spiro atoms. The minimum atomic E-state index is 0.376. The summed E-state index contributed by atoms with van der Waals surface area (Å²) in [5.74, 6) is 1.71. The Balaban J connectivity index is 2.08. The Morgan fingerprint density at radius 1 is 1.28 bits per heavy atom. The van der Waals surface area contributed by atoms with Gasteiger partial charge in [-0.15, -0.1) is 0 Å². The monoisotopic (exact) mass is 250 g/mol. The zero-order chi connectivity index (χ0) is 13.0. The van der Waals surface area contributed by atoms with Gasteiger partial charge < -0.3 is 15.2 Å². The van der Waals surface area contributed by atoms with Crippen LogP contribution in [0.25, 0.3) is 0 Å². The molecule has 0 aliphatic carbocycles. The third-order valence-electron chi connectivity index (χ3n) is 3.34. The number of fused-ring (bicyclic) bond motifs is 1. The molecule has 0 fully saturated rings. The van der Waals surface area contributed by atoms with Gasteiger partial charge in [0, 0.05) is 25.6 Å². The summed E-state index contributed by atoms with van der Waals surface area (Å²) in [7, 11) is 2.08. The summed E-state index contributed by atoms with van der Waals surface area (Å²) in [6.45, 7) is 5.13. The molecule has 1 aliphatic rings. The molecule has 1 aromatic rings. The minimum absolute atomic E-state index is 0.376. The summed E-state index contributed by atoms with van der Waals surface area (Å²) < 4.78 is 11.3. The van der Waals surface area contributed by atoms with Gasteiger partial charge >= 0.3 is 0 Å². The van der Waals surface area contributed by atoms with Crippen molar-refractivity contribution < 1.29 is 9.47 Å². The Kier molecular flexibility index (Phi) is 4.44. The van der Waals surface area contributed by atoms with E-state index in [0.717, 1.165) is 37.7 Å². The van der Waals surface area contributed by atoms with E-state index in [2.05, 4.69) is 31.0 Å². The van der Waals surface area contributed by atoms with E-state index in [1.807, 2.05) is 6.07 Å². The van der Waals surface area contributed by atoms with Crippen LogP contribution in [0.4, 0.5) is 0 Å². The zero-order valence-electron chi connectivity index (χ0n) is 11.2. The van der Waals surface area contributed by atoms with Gasteiger partial charge in [-0.1, -0.05) is 6.07 Å². The lowest BCUT2D eigenvalue weighted by atomic mass is 10.1. The fourth-order valence-corrected chi connectivity index (χ4v) is 1.93. The lowest BCUT2D eigenvalue weighted by Crippen LogP contribution is -2.34. The first-order valence-corrected chi connectivity index (χ1v) is 6.49. The van der Waals surface area contributed by atoms with Crippen LogP contribution >= 0.6 is 0 Å². The Morgan fingerprint density at radius 3 is 2.72 bits per heavy atom. The molecule has 1 atom stereocenters. The molecule has 0 amide bonds. The Hall–Kier alpha value is -1.26. The number of nitrogens with two attached hydrogens (primary N) is 1. The van der Waals surface area contributed by atoms with E-state index in [0.29, 0.717) is 12.6 Å². The van der Waals surface area contributed by atoms with E-state index in [1.165, 1.54) is 5.56 Å². The van der Waals surface area contributed by atoms with E-state index in [9.17, 15) is 0 Å². The fourth-order valence-electron chi connectivity index (χ4n) is 1.93. The first kappa shape index (κ1) is 13.2. The number of benzene rings is 1. The molecule has 2 rings (SSSR count). The molecule has 2 N–H and O–H groups in total. The predicted molar refractivity (Wildman–Crippen MR) is 72.0 cm³/mol. The topological polar surface area (TPSA) is 47.7 Å². The average molecular weight is 250 g/mol. The van der Waals surface area contributed by atoms with Crippen LogP contribution in [0, 0.1) is 0 Å². The zero-order valence-corrected chi connectivity index (χ0v) is 11.2. The second-order valence-electron chi connectivity index (χ2n) is 4.83. The highest BCUT2D eigenvalue weighted by Gasteiger charge is 2.13. The molecular weight excluding hydrogens is 228 g/mol. The number of hydrogen-bond donors (Lipinski definition) is 1. The first-order valence-electron chi connectivity index (χ1n) is 6.49. The summed E-state index contributed by atoms with van der Waals surface area (Å²) in [5, 5.41) is 0. The van der Waals surface area contributed by atoms with Crippen molar-refractivity contribution in [2.45, 2.75) is 25.9 Å². The predicted octanol–water partition coefficient (Wildman–Crippen LogP) is 1.63. The van der Waals surface area contributed by atoms with Crippen LogP contribution in [0.15, 0.2) is 18.2 Å². The van der Waals surface area contributed by atoms with Crippen molar-refractivity contribution in [2.75, 3.05) is 26.8 Å². The molecule has 0 saturated carbocycles. The van der Waals surface area contributed by atoms with E-state index in [-0.39, 0.29) is 0 Å². The second-order valence-corrected chi connectivity index (χ2v) is 4.83. The third-order valence-corrected chi connectivity index (χ3v) is 3.34. The number of ether oxygens (including phenoxy) is 2. The van der Waals surface area contributed by atoms with E-state index < -0.39 is 0 Å². The van der Waals surface area contributed by atoms with Crippen molar-refractivity contribution in [1.29, 1.82) is 0 Å². The third kappa shape index (κ3) is 3.15. The second kappa shape index (κ2) is 6.07. The maximum absolute atomic E-state index is 5.69. The smallest absolute Gasteiger partial charge is 0.161 e. The molecule has 4 nitrogen and oxygen atoms in total.